The molecule has 0 bridgehead atoms. The normalized spacial score (nSPS) is 20.8. The van der Waals surface area contributed by atoms with Crippen LogP contribution >= 0.6 is 12.4 Å². The molecule has 0 saturated carbocycles. The number of hydrogen-bond acceptors (Lipinski definition) is 4. The highest BCUT2D eigenvalue weighted by Gasteiger charge is 2.21. The van der Waals surface area contributed by atoms with Crippen molar-refractivity contribution < 1.29 is 4.52 Å². The van der Waals surface area contributed by atoms with Crippen molar-refractivity contribution in [3.8, 4) is 0 Å². The Morgan fingerprint density at radius 1 is 1.50 bits per heavy atom. The summed E-state index contributed by atoms with van der Waals surface area (Å²) >= 11 is 0. The topological polar surface area (TPSA) is 51.0 Å². The number of rotatable bonds is 3. The molecule has 5 heteroatoms. The summed E-state index contributed by atoms with van der Waals surface area (Å²) in [5.74, 6) is 2.68. The zero-order chi connectivity index (χ0) is 10.7. The average molecular weight is 246 g/mol. The number of nitrogens with zero attached hydrogens (tertiary/aromatic N) is 2. The van der Waals surface area contributed by atoms with E-state index >= 15 is 0 Å². The van der Waals surface area contributed by atoms with E-state index in [0.717, 1.165) is 37.6 Å². The molecule has 1 aliphatic rings. The Hall–Kier alpha value is -0.610. The van der Waals surface area contributed by atoms with E-state index in [1.807, 2.05) is 0 Å². The number of halogens is 1. The third-order valence-electron chi connectivity index (χ3n) is 2.72. The molecule has 1 atom stereocenters. The zero-order valence-electron chi connectivity index (χ0n) is 9.90. The molecule has 1 N–H and O–H groups in total. The van der Waals surface area contributed by atoms with Gasteiger partial charge in [0.25, 0.3) is 0 Å². The van der Waals surface area contributed by atoms with Crippen LogP contribution in [0.1, 0.15) is 44.3 Å². The van der Waals surface area contributed by atoms with Gasteiger partial charge >= 0.3 is 0 Å². The Balaban J connectivity index is 0.00000128. The molecule has 2 heterocycles. The Morgan fingerprint density at radius 3 is 2.94 bits per heavy atom. The molecule has 1 aliphatic heterocycles. The summed E-state index contributed by atoms with van der Waals surface area (Å²) in [5.41, 5.74) is 0. The lowest BCUT2D eigenvalue weighted by molar-refractivity contribution is 0.319. The fourth-order valence-corrected chi connectivity index (χ4v) is 1.94. The molecular formula is C11H20ClN3O. The highest BCUT2D eigenvalue weighted by Crippen LogP contribution is 2.21. The van der Waals surface area contributed by atoms with Crippen molar-refractivity contribution in [3.05, 3.63) is 11.7 Å². The predicted molar refractivity (Wildman–Crippen MR) is 64.9 cm³/mol. The second-order valence-electron chi connectivity index (χ2n) is 4.69. The minimum absolute atomic E-state index is 0. The van der Waals surface area contributed by atoms with Crippen molar-refractivity contribution in [2.75, 3.05) is 13.1 Å². The summed E-state index contributed by atoms with van der Waals surface area (Å²) in [6.45, 7) is 6.42. The van der Waals surface area contributed by atoms with Gasteiger partial charge in [-0.2, -0.15) is 4.98 Å². The third kappa shape index (κ3) is 3.46. The van der Waals surface area contributed by atoms with Crippen LogP contribution in [0.5, 0.6) is 0 Å². The molecule has 0 aromatic carbocycles. The maximum Gasteiger partial charge on any atom is 0.231 e. The molecule has 0 aliphatic carbocycles. The van der Waals surface area contributed by atoms with Crippen LogP contribution in [0.25, 0.3) is 0 Å². The van der Waals surface area contributed by atoms with Crippen molar-refractivity contribution in [1.29, 1.82) is 0 Å². The van der Waals surface area contributed by atoms with Gasteiger partial charge in [-0.25, -0.2) is 0 Å². The first-order valence-corrected chi connectivity index (χ1v) is 5.79. The molecule has 1 fully saturated rings. The minimum Gasteiger partial charge on any atom is -0.339 e. The molecule has 4 nitrogen and oxygen atoms in total. The highest BCUT2D eigenvalue weighted by molar-refractivity contribution is 5.85. The minimum atomic E-state index is 0. The summed E-state index contributed by atoms with van der Waals surface area (Å²) in [6.07, 6.45) is 3.27. The lowest BCUT2D eigenvalue weighted by Gasteiger charge is -2.18. The van der Waals surface area contributed by atoms with Crippen LogP contribution < -0.4 is 5.32 Å². The Kier molecular flexibility index (Phi) is 5.22. The Labute approximate surface area is 103 Å². The van der Waals surface area contributed by atoms with Crippen LogP contribution in [0.2, 0.25) is 0 Å². The van der Waals surface area contributed by atoms with Gasteiger partial charge in [0.1, 0.15) is 0 Å². The number of aromatic nitrogens is 2. The van der Waals surface area contributed by atoms with Crippen LogP contribution in [0.4, 0.5) is 0 Å². The summed E-state index contributed by atoms with van der Waals surface area (Å²) in [6, 6.07) is 0. The third-order valence-corrected chi connectivity index (χ3v) is 2.72. The summed E-state index contributed by atoms with van der Waals surface area (Å²) in [4.78, 5) is 4.46. The van der Waals surface area contributed by atoms with E-state index in [0.29, 0.717) is 11.8 Å². The van der Waals surface area contributed by atoms with E-state index in [-0.39, 0.29) is 12.4 Å². The molecular weight excluding hydrogens is 226 g/mol. The van der Waals surface area contributed by atoms with Gasteiger partial charge in [-0.3, -0.25) is 0 Å². The number of nitrogens with one attached hydrogen (secondary N) is 1. The second kappa shape index (κ2) is 6.21. The molecule has 1 unspecified atom stereocenters. The van der Waals surface area contributed by atoms with Crippen molar-refractivity contribution in [2.24, 2.45) is 5.92 Å². The van der Waals surface area contributed by atoms with Crippen molar-refractivity contribution in [2.45, 2.75) is 39.0 Å². The highest BCUT2D eigenvalue weighted by atomic mass is 35.5. The van der Waals surface area contributed by atoms with Gasteiger partial charge in [-0.05, 0) is 25.3 Å². The largest absolute Gasteiger partial charge is 0.339 e. The van der Waals surface area contributed by atoms with Gasteiger partial charge < -0.3 is 9.84 Å². The van der Waals surface area contributed by atoms with Crippen LogP contribution in [0.3, 0.4) is 0 Å². The predicted octanol–water partition coefficient (Wildman–Crippen LogP) is 2.16. The first kappa shape index (κ1) is 13.5. The van der Waals surface area contributed by atoms with Crippen LogP contribution in [-0.2, 0) is 6.42 Å². The van der Waals surface area contributed by atoms with E-state index in [9.17, 15) is 0 Å². The number of hydrogen-bond donors (Lipinski definition) is 1. The fraction of sp³-hybridized carbons (Fsp3) is 0.818. The molecule has 0 radical (unpaired) electrons. The van der Waals surface area contributed by atoms with Crippen LogP contribution in [-0.4, -0.2) is 23.2 Å². The second-order valence-corrected chi connectivity index (χ2v) is 4.69. The molecule has 2 rings (SSSR count). The summed E-state index contributed by atoms with van der Waals surface area (Å²) in [7, 11) is 0. The quantitative estimate of drug-likeness (QED) is 0.887. The van der Waals surface area contributed by atoms with Crippen molar-refractivity contribution >= 4 is 12.4 Å². The van der Waals surface area contributed by atoms with Gasteiger partial charge in [-0.15, -0.1) is 12.4 Å². The maximum atomic E-state index is 5.30. The molecule has 1 saturated heterocycles. The average Bonchev–Trinajstić information content (AvgIpc) is 2.67. The van der Waals surface area contributed by atoms with Gasteiger partial charge in [-0.1, -0.05) is 19.0 Å². The lowest BCUT2D eigenvalue weighted by Crippen LogP contribution is -2.28. The van der Waals surface area contributed by atoms with E-state index in [1.165, 1.54) is 6.42 Å². The number of piperidine rings is 1. The van der Waals surface area contributed by atoms with E-state index in [1.54, 1.807) is 0 Å². The standard InChI is InChI=1S/C11H19N3O.ClH/c1-8(2)6-10-13-11(15-14-10)9-4-3-5-12-7-9;/h8-9,12H,3-7H2,1-2H3;1H. The fourth-order valence-electron chi connectivity index (χ4n) is 1.94. The molecule has 0 amide bonds. The van der Waals surface area contributed by atoms with Crippen LogP contribution in [0, 0.1) is 5.92 Å². The first-order valence-electron chi connectivity index (χ1n) is 5.79. The molecule has 0 spiro atoms. The first-order chi connectivity index (χ1) is 7.25. The lowest BCUT2D eigenvalue weighted by atomic mass is 10.00. The van der Waals surface area contributed by atoms with Gasteiger partial charge in [0.05, 0.1) is 5.92 Å². The smallest absolute Gasteiger partial charge is 0.231 e. The monoisotopic (exact) mass is 245 g/mol. The zero-order valence-corrected chi connectivity index (χ0v) is 10.7. The van der Waals surface area contributed by atoms with E-state index in [2.05, 4.69) is 29.3 Å². The maximum absolute atomic E-state index is 5.30. The Morgan fingerprint density at radius 2 is 2.31 bits per heavy atom. The van der Waals surface area contributed by atoms with Gasteiger partial charge in [0.2, 0.25) is 5.89 Å². The van der Waals surface area contributed by atoms with Gasteiger partial charge in [0.15, 0.2) is 5.82 Å². The summed E-state index contributed by atoms with van der Waals surface area (Å²) in [5, 5.41) is 7.37. The Bertz CT molecular complexity index is 308. The van der Waals surface area contributed by atoms with Crippen molar-refractivity contribution in [3.63, 3.8) is 0 Å². The SMILES string of the molecule is CC(C)Cc1noc(C2CCCNC2)n1.Cl. The van der Waals surface area contributed by atoms with Crippen LogP contribution in [0.15, 0.2) is 4.52 Å². The molecule has 16 heavy (non-hydrogen) atoms. The van der Waals surface area contributed by atoms with Gasteiger partial charge in [0, 0.05) is 13.0 Å². The van der Waals surface area contributed by atoms with E-state index < -0.39 is 0 Å². The molecule has 92 valence electrons. The van der Waals surface area contributed by atoms with Crippen molar-refractivity contribution in [1.82, 2.24) is 15.5 Å². The molecule has 1 aromatic heterocycles. The van der Waals surface area contributed by atoms with E-state index in [4.69, 9.17) is 4.52 Å². The molecule has 1 aromatic rings. The summed E-state index contributed by atoms with van der Waals surface area (Å²) < 4.78 is 5.30.